The van der Waals surface area contributed by atoms with Crippen molar-refractivity contribution in [3.8, 4) is 0 Å². The number of hydrogen-bond acceptors (Lipinski definition) is 6. The molecule has 4 N–H and O–H groups in total. The molecule has 0 bridgehead atoms. The Hall–Kier alpha value is -3.27. The number of nitrogens with one attached hydrogen (secondary N) is 2. The second-order valence-electron chi connectivity index (χ2n) is 7.88. The van der Waals surface area contributed by atoms with E-state index in [1.807, 2.05) is 13.0 Å². The van der Waals surface area contributed by atoms with E-state index in [1.165, 1.54) is 18.5 Å². The number of piperidine rings is 1. The minimum Gasteiger partial charge on any atom is -0.366 e. The molecule has 30 heavy (non-hydrogen) atoms. The third-order valence-corrected chi connectivity index (χ3v) is 6.90. The second kappa shape index (κ2) is 7.52. The molecule has 4 heterocycles. The normalized spacial score (nSPS) is 21.5. The van der Waals surface area contributed by atoms with E-state index in [-0.39, 0.29) is 17.2 Å². The van der Waals surface area contributed by atoms with E-state index in [0.29, 0.717) is 6.54 Å². The molecule has 3 aromatic heterocycles. The first kappa shape index (κ1) is 20.0. The van der Waals surface area contributed by atoms with Crippen molar-refractivity contribution in [2.45, 2.75) is 32.2 Å². The zero-order chi connectivity index (χ0) is 21.5. The van der Waals surface area contributed by atoms with Gasteiger partial charge in [0.2, 0.25) is 5.91 Å². The van der Waals surface area contributed by atoms with Gasteiger partial charge in [0.1, 0.15) is 4.83 Å². The Bertz CT molecular complexity index is 1110. The summed E-state index contributed by atoms with van der Waals surface area (Å²) in [6.07, 6.45) is 6.13. The molecule has 2 atom stereocenters. The number of carbonyl (C=O) groups is 3. The maximum Gasteiger partial charge on any atom is 0.313 e. The van der Waals surface area contributed by atoms with Crippen LogP contribution in [0.4, 0.5) is 5.69 Å². The highest BCUT2D eigenvalue weighted by Gasteiger charge is 2.44. The largest absolute Gasteiger partial charge is 0.366 e. The van der Waals surface area contributed by atoms with Gasteiger partial charge in [-0.05, 0) is 37.8 Å². The number of primary amides is 1. The van der Waals surface area contributed by atoms with Gasteiger partial charge in [-0.2, -0.15) is 5.10 Å². The zero-order valence-corrected chi connectivity index (χ0v) is 17.5. The topological polar surface area (TPSA) is 134 Å². The van der Waals surface area contributed by atoms with Crippen LogP contribution in [0.5, 0.6) is 0 Å². The Morgan fingerprint density at radius 2 is 2.10 bits per heavy atom. The Kier molecular flexibility index (Phi) is 5.02. The molecule has 0 spiro atoms. The van der Waals surface area contributed by atoms with Gasteiger partial charge in [-0.15, -0.1) is 11.3 Å². The maximum atomic E-state index is 13.2. The Morgan fingerprint density at radius 1 is 1.30 bits per heavy atom. The third kappa shape index (κ3) is 3.54. The lowest BCUT2D eigenvalue weighted by Gasteiger charge is -2.46. The summed E-state index contributed by atoms with van der Waals surface area (Å²) in [6, 6.07) is 3.42. The lowest BCUT2D eigenvalue weighted by atomic mass is 9.82. The van der Waals surface area contributed by atoms with Gasteiger partial charge in [0.15, 0.2) is 0 Å². The number of likely N-dealkylation sites (tertiary alicyclic amines) is 1. The average molecular weight is 427 g/mol. The molecule has 3 amide bonds. The number of H-pyrrole nitrogens is 1. The van der Waals surface area contributed by atoms with Gasteiger partial charge in [-0.25, -0.2) is 0 Å². The predicted molar refractivity (Wildman–Crippen MR) is 113 cm³/mol. The molecular formula is C20H22N6O3S. The molecule has 3 aromatic rings. The van der Waals surface area contributed by atoms with Gasteiger partial charge in [-0.1, -0.05) is 6.92 Å². The van der Waals surface area contributed by atoms with E-state index < -0.39 is 23.3 Å². The molecular weight excluding hydrogens is 404 g/mol. The summed E-state index contributed by atoms with van der Waals surface area (Å²) < 4.78 is 0. The summed E-state index contributed by atoms with van der Waals surface area (Å²) in [5, 5.41) is 10.5. The number of fused-ring (bicyclic) bond motifs is 1. The van der Waals surface area contributed by atoms with Crippen LogP contribution in [0.25, 0.3) is 10.2 Å². The summed E-state index contributed by atoms with van der Waals surface area (Å²) in [6.45, 7) is 4.55. The smallest absolute Gasteiger partial charge is 0.313 e. The molecule has 9 nitrogen and oxygen atoms in total. The van der Waals surface area contributed by atoms with Gasteiger partial charge in [0.25, 0.3) is 0 Å². The summed E-state index contributed by atoms with van der Waals surface area (Å²) in [7, 11) is 0. The number of carbonyl (C=O) groups excluding carboxylic acids is 3. The summed E-state index contributed by atoms with van der Waals surface area (Å²) in [5.41, 5.74) is 5.05. The summed E-state index contributed by atoms with van der Waals surface area (Å²) in [5.74, 6) is -1.78. The van der Waals surface area contributed by atoms with Crippen molar-refractivity contribution in [2.75, 3.05) is 11.9 Å². The van der Waals surface area contributed by atoms with Crippen LogP contribution in [0.2, 0.25) is 0 Å². The van der Waals surface area contributed by atoms with Crippen LogP contribution < -0.4 is 11.1 Å². The fourth-order valence-corrected chi connectivity index (χ4v) is 4.96. The number of amides is 3. The molecule has 1 fully saturated rings. The van der Waals surface area contributed by atoms with Crippen molar-refractivity contribution >= 4 is 45.0 Å². The number of aromatic nitrogens is 3. The fraction of sp³-hybridized carbons (Fsp3) is 0.350. The lowest BCUT2D eigenvalue weighted by molar-refractivity contribution is -0.150. The van der Waals surface area contributed by atoms with Gasteiger partial charge < -0.3 is 16.0 Å². The third-order valence-electron chi connectivity index (χ3n) is 5.60. The van der Waals surface area contributed by atoms with E-state index in [4.69, 9.17) is 5.73 Å². The van der Waals surface area contributed by atoms with Crippen LogP contribution in [0.1, 0.15) is 41.9 Å². The highest BCUT2D eigenvalue weighted by Crippen LogP contribution is 2.43. The Balaban J connectivity index is 1.61. The van der Waals surface area contributed by atoms with E-state index >= 15 is 0 Å². The van der Waals surface area contributed by atoms with Crippen molar-refractivity contribution < 1.29 is 14.4 Å². The summed E-state index contributed by atoms with van der Waals surface area (Å²) in [4.78, 5) is 44.8. The number of anilines is 1. The number of pyridine rings is 1. The van der Waals surface area contributed by atoms with Crippen LogP contribution >= 0.6 is 11.3 Å². The van der Waals surface area contributed by atoms with Crippen LogP contribution in [-0.4, -0.2) is 44.3 Å². The van der Waals surface area contributed by atoms with Crippen molar-refractivity contribution in [2.24, 2.45) is 11.7 Å². The first-order valence-electron chi connectivity index (χ1n) is 9.59. The molecule has 0 aliphatic carbocycles. The SMILES string of the molecule is C[C@H]1CC[C@@](C)(c2cc3cn[nH]c3s2)N(C(=O)C(=O)Nc2cncc(C(N)=O)c2)C1. The molecule has 156 valence electrons. The Labute approximate surface area is 176 Å². The molecule has 1 aliphatic rings. The molecule has 0 aromatic carbocycles. The van der Waals surface area contributed by atoms with Gasteiger partial charge in [-0.3, -0.25) is 24.5 Å². The predicted octanol–water partition coefficient (Wildman–Crippen LogP) is 2.23. The highest BCUT2D eigenvalue weighted by atomic mass is 32.1. The van der Waals surface area contributed by atoms with Crippen molar-refractivity contribution in [3.05, 3.63) is 41.2 Å². The Morgan fingerprint density at radius 3 is 2.83 bits per heavy atom. The van der Waals surface area contributed by atoms with E-state index in [9.17, 15) is 14.4 Å². The van der Waals surface area contributed by atoms with E-state index in [1.54, 1.807) is 22.4 Å². The lowest BCUT2D eigenvalue weighted by Crippen LogP contribution is -2.55. The van der Waals surface area contributed by atoms with Gasteiger partial charge in [0, 0.05) is 23.0 Å². The number of nitrogens with two attached hydrogens (primary N) is 1. The van der Waals surface area contributed by atoms with Crippen LogP contribution in [0, 0.1) is 5.92 Å². The number of hydrogen-bond donors (Lipinski definition) is 3. The standard InChI is InChI=1S/C20H22N6O3S/c1-11-3-4-20(2,15-6-13-8-23-25-18(13)30-15)26(10-11)19(29)17(28)24-14-5-12(16(21)27)7-22-9-14/h5-9,11H,3-4,10H2,1-2H3,(H2,21,27)(H,23,25)(H,24,28)/t11-,20-/m0/s1. The van der Waals surface area contributed by atoms with Crippen LogP contribution in [0.3, 0.4) is 0 Å². The zero-order valence-electron chi connectivity index (χ0n) is 16.6. The van der Waals surface area contributed by atoms with E-state index in [0.717, 1.165) is 27.9 Å². The molecule has 0 saturated carbocycles. The van der Waals surface area contributed by atoms with Crippen molar-refractivity contribution in [1.29, 1.82) is 0 Å². The van der Waals surface area contributed by atoms with Gasteiger partial charge in [0.05, 0.1) is 29.2 Å². The van der Waals surface area contributed by atoms with Crippen LogP contribution in [0.15, 0.2) is 30.7 Å². The highest BCUT2D eigenvalue weighted by molar-refractivity contribution is 7.18. The minimum absolute atomic E-state index is 0.152. The molecule has 1 saturated heterocycles. The maximum absolute atomic E-state index is 13.2. The first-order valence-corrected chi connectivity index (χ1v) is 10.4. The molecule has 4 rings (SSSR count). The molecule has 0 radical (unpaired) electrons. The quantitative estimate of drug-likeness (QED) is 0.552. The second-order valence-corrected chi connectivity index (χ2v) is 8.93. The average Bonchev–Trinajstić information content (AvgIpc) is 3.32. The number of rotatable bonds is 3. The number of nitrogens with zero attached hydrogens (tertiary/aromatic N) is 3. The molecule has 10 heteroatoms. The van der Waals surface area contributed by atoms with Gasteiger partial charge >= 0.3 is 11.8 Å². The monoisotopic (exact) mass is 426 g/mol. The molecule has 1 aliphatic heterocycles. The number of aromatic amines is 1. The number of thiophene rings is 1. The van der Waals surface area contributed by atoms with Crippen molar-refractivity contribution in [1.82, 2.24) is 20.1 Å². The van der Waals surface area contributed by atoms with Crippen LogP contribution in [-0.2, 0) is 15.1 Å². The fourth-order valence-electron chi connectivity index (χ4n) is 3.79. The first-order chi connectivity index (χ1) is 14.3. The molecule has 0 unspecified atom stereocenters. The summed E-state index contributed by atoms with van der Waals surface area (Å²) >= 11 is 1.55. The van der Waals surface area contributed by atoms with E-state index in [2.05, 4.69) is 27.4 Å². The minimum atomic E-state index is -0.775. The van der Waals surface area contributed by atoms with Crippen molar-refractivity contribution in [3.63, 3.8) is 0 Å².